The van der Waals surface area contributed by atoms with Gasteiger partial charge in [-0.15, -0.1) is 5.75 Å². The number of Topliss-reactive ketones (excluding diaryl/α,β-unsaturated/α-hetero) is 1. The summed E-state index contributed by atoms with van der Waals surface area (Å²) in [5, 5.41) is 11.7. The van der Waals surface area contributed by atoms with E-state index in [1.165, 1.54) is 12.2 Å². The number of allylic oxidation sites excluding steroid dienone is 4. The summed E-state index contributed by atoms with van der Waals surface area (Å²) in [7, 11) is 0. The molecule has 0 fully saturated rings. The van der Waals surface area contributed by atoms with Gasteiger partial charge in [0.2, 0.25) is 5.78 Å². The molecule has 0 radical (unpaired) electrons. The summed E-state index contributed by atoms with van der Waals surface area (Å²) >= 11 is 11.5. The van der Waals surface area contributed by atoms with E-state index in [0.717, 1.165) is 0 Å². The molecule has 0 bridgehead atoms. The van der Waals surface area contributed by atoms with Crippen molar-refractivity contribution >= 4 is 40.4 Å². The van der Waals surface area contributed by atoms with E-state index >= 15 is 0 Å². The van der Waals surface area contributed by atoms with Crippen LogP contribution >= 0.6 is 23.2 Å². The van der Waals surface area contributed by atoms with Gasteiger partial charge in [0.15, 0.2) is 0 Å². The molecule has 0 N–H and O–H groups in total. The quantitative estimate of drug-likeness (QED) is 0.747. The van der Waals surface area contributed by atoms with Crippen molar-refractivity contribution in [3.05, 3.63) is 45.5 Å². The van der Waals surface area contributed by atoms with Crippen LogP contribution in [-0.2, 0) is 4.79 Å². The van der Waals surface area contributed by atoms with Gasteiger partial charge in [-0.25, -0.2) is 4.99 Å². The van der Waals surface area contributed by atoms with E-state index in [2.05, 4.69) is 4.99 Å². The van der Waals surface area contributed by atoms with Crippen molar-refractivity contribution in [1.82, 2.24) is 0 Å². The highest BCUT2D eigenvalue weighted by Crippen LogP contribution is 2.27. The standard InChI is InChI=1S/C14H11Cl2NO2/c1-7-3-9(4-8(2)13(7)18)17-10-5-11(15)14(19)12(16)6-10/h3-6,18H,1-2H3/p-1. The molecule has 5 heteroatoms. The number of carbonyl (C=O) groups is 1. The number of halogens is 2. The molecular formula is C14H10Cl2NO2-. The molecule has 0 saturated heterocycles. The number of hydrogen-bond donors (Lipinski definition) is 0. The Morgan fingerprint density at radius 3 is 2.00 bits per heavy atom. The minimum atomic E-state index is -0.412. The second kappa shape index (κ2) is 5.19. The summed E-state index contributed by atoms with van der Waals surface area (Å²) in [5.41, 5.74) is 2.35. The van der Waals surface area contributed by atoms with Crippen LogP contribution in [0.1, 0.15) is 11.1 Å². The van der Waals surface area contributed by atoms with Gasteiger partial charge in [-0.3, -0.25) is 4.79 Å². The number of benzene rings is 1. The second-order valence-corrected chi connectivity index (χ2v) is 5.07. The lowest BCUT2D eigenvalue weighted by Crippen LogP contribution is -2.07. The van der Waals surface area contributed by atoms with Crippen molar-refractivity contribution < 1.29 is 9.90 Å². The zero-order valence-corrected chi connectivity index (χ0v) is 11.8. The molecule has 0 saturated carbocycles. The van der Waals surface area contributed by atoms with Crippen LogP contribution in [0.2, 0.25) is 0 Å². The third kappa shape index (κ3) is 2.88. The van der Waals surface area contributed by atoms with E-state index in [4.69, 9.17) is 23.2 Å². The number of hydrogen-bond acceptors (Lipinski definition) is 3. The number of aryl methyl sites for hydroxylation is 2. The number of rotatable bonds is 1. The van der Waals surface area contributed by atoms with Gasteiger partial charge in [-0.1, -0.05) is 34.3 Å². The highest BCUT2D eigenvalue weighted by atomic mass is 35.5. The summed E-state index contributed by atoms with van der Waals surface area (Å²) in [4.78, 5) is 15.7. The fourth-order valence-electron chi connectivity index (χ4n) is 1.75. The first-order valence-corrected chi connectivity index (χ1v) is 6.30. The highest BCUT2D eigenvalue weighted by molar-refractivity contribution is 6.57. The molecule has 0 atom stereocenters. The molecule has 1 aromatic carbocycles. The van der Waals surface area contributed by atoms with Gasteiger partial charge in [0, 0.05) is 0 Å². The maximum atomic E-state index is 11.6. The molecule has 0 unspecified atom stereocenters. The lowest BCUT2D eigenvalue weighted by molar-refractivity contribution is -0.270. The van der Waals surface area contributed by atoms with Gasteiger partial charge >= 0.3 is 0 Å². The van der Waals surface area contributed by atoms with Crippen molar-refractivity contribution in [2.75, 3.05) is 0 Å². The van der Waals surface area contributed by atoms with Crippen LogP contribution in [0.15, 0.2) is 39.3 Å². The zero-order chi connectivity index (χ0) is 14.2. The topological polar surface area (TPSA) is 52.5 Å². The highest BCUT2D eigenvalue weighted by Gasteiger charge is 2.17. The SMILES string of the molecule is Cc1cc(N=C2C=C(Cl)C(=O)C(Cl)=C2)cc(C)c1[O-]. The predicted molar refractivity (Wildman–Crippen MR) is 75.3 cm³/mol. The van der Waals surface area contributed by atoms with Crippen LogP contribution in [0.5, 0.6) is 5.75 Å². The molecule has 0 spiro atoms. The van der Waals surface area contributed by atoms with Crippen LogP contribution in [0, 0.1) is 13.8 Å². The summed E-state index contributed by atoms with van der Waals surface area (Å²) < 4.78 is 0. The molecule has 1 aliphatic rings. The molecule has 0 amide bonds. The molecule has 0 heterocycles. The van der Waals surface area contributed by atoms with Crippen LogP contribution < -0.4 is 5.11 Å². The summed E-state index contributed by atoms with van der Waals surface area (Å²) in [5.74, 6) is -0.408. The van der Waals surface area contributed by atoms with E-state index in [1.807, 2.05) is 0 Å². The first kappa shape index (κ1) is 13.8. The van der Waals surface area contributed by atoms with Crippen molar-refractivity contribution in [3.63, 3.8) is 0 Å². The van der Waals surface area contributed by atoms with Crippen molar-refractivity contribution in [2.24, 2.45) is 4.99 Å². The fourth-order valence-corrected chi connectivity index (χ4v) is 2.23. The molecular weight excluding hydrogens is 285 g/mol. The summed E-state index contributed by atoms with van der Waals surface area (Å²) in [6.07, 6.45) is 2.90. The molecule has 2 rings (SSSR count). The lowest BCUT2D eigenvalue weighted by atomic mass is 10.1. The van der Waals surface area contributed by atoms with Gasteiger partial charge in [-0.2, -0.15) is 0 Å². The number of ketones is 1. The Morgan fingerprint density at radius 1 is 1.05 bits per heavy atom. The Hall–Kier alpha value is -1.58. The molecule has 1 aromatic rings. The maximum absolute atomic E-state index is 11.6. The van der Waals surface area contributed by atoms with Crippen molar-refractivity contribution in [3.8, 4) is 5.75 Å². The first-order valence-electron chi connectivity index (χ1n) is 5.54. The third-order valence-electron chi connectivity index (χ3n) is 2.69. The van der Waals surface area contributed by atoms with Crippen LogP contribution in [0.25, 0.3) is 0 Å². The van der Waals surface area contributed by atoms with Gasteiger partial charge in [0.25, 0.3) is 0 Å². The second-order valence-electron chi connectivity index (χ2n) is 4.26. The maximum Gasteiger partial charge on any atom is 0.215 e. The minimum absolute atomic E-state index is 0.00456. The predicted octanol–water partition coefficient (Wildman–Crippen LogP) is 3.28. The van der Waals surface area contributed by atoms with E-state index in [1.54, 1.807) is 26.0 Å². The average Bonchev–Trinajstić information content (AvgIpc) is 2.33. The smallest absolute Gasteiger partial charge is 0.215 e. The lowest BCUT2D eigenvalue weighted by Gasteiger charge is -2.15. The van der Waals surface area contributed by atoms with E-state index in [-0.39, 0.29) is 15.8 Å². The normalized spacial score (nSPS) is 15.2. The number of carbonyl (C=O) groups excluding carboxylic acids is 1. The Labute approximate surface area is 120 Å². The van der Waals surface area contributed by atoms with E-state index in [0.29, 0.717) is 22.5 Å². The van der Waals surface area contributed by atoms with Crippen LogP contribution in [-0.4, -0.2) is 11.5 Å². The van der Waals surface area contributed by atoms with Gasteiger partial charge in [0.05, 0.1) is 21.5 Å². The third-order valence-corrected chi connectivity index (χ3v) is 3.25. The molecule has 19 heavy (non-hydrogen) atoms. The van der Waals surface area contributed by atoms with Crippen LogP contribution in [0.4, 0.5) is 5.69 Å². The number of nitrogens with zero attached hydrogens (tertiary/aromatic N) is 1. The monoisotopic (exact) mass is 294 g/mol. The molecule has 3 nitrogen and oxygen atoms in total. The zero-order valence-electron chi connectivity index (χ0n) is 10.3. The molecule has 1 aliphatic carbocycles. The van der Waals surface area contributed by atoms with Crippen molar-refractivity contribution in [1.29, 1.82) is 0 Å². The van der Waals surface area contributed by atoms with Gasteiger partial charge in [-0.05, 0) is 38.1 Å². The Kier molecular flexibility index (Phi) is 3.78. The first-order chi connectivity index (χ1) is 8.88. The average molecular weight is 295 g/mol. The Bertz CT molecular complexity index is 610. The van der Waals surface area contributed by atoms with Gasteiger partial charge < -0.3 is 5.11 Å². The van der Waals surface area contributed by atoms with E-state index < -0.39 is 5.78 Å². The molecule has 0 aliphatic heterocycles. The van der Waals surface area contributed by atoms with Crippen molar-refractivity contribution in [2.45, 2.75) is 13.8 Å². The molecule has 0 aromatic heterocycles. The van der Waals surface area contributed by atoms with Crippen LogP contribution in [0.3, 0.4) is 0 Å². The summed E-state index contributed by atoms with van der Waals surface area (Å²) in [6.45, 7) is 3.46. The fraction of sp³-hybridized carbons (Fsp3) is 0.143. The Balaban J connectivity index is 2.45. The summed E-state index contributed by atoms with van der Waals surface area (Å²) in [6, 6.07) is 3.37. The van der Waals surface area contributed by atoms with E-state index in [9.17, 15) is 9.90 Å². The minimum Gasteiger partial charge on any atom is -0.872 e. The largest absolute Gasteiger partial charge is 0.872 e. The number of aliphatic imine (C=N–C) groups is 1. The van der Waals surface area contributed by atoms with Gasteiger partial charge in [0.1, 0.15) is 0 Å². The Morgan fingerprint density at radius 2 is 1.53 bits per heavy atom. The molecule has 98 valence electrons.